The standard InChI is InChI=1S/C7H14N2O3/c1-5(3-7(11)12)9(2)4-6(8)10/h5H,3-4H2,1-2H3,(H2,8,10)(H,11,12). The fraction of sp³-hybridized carbons (Fsp3) is 0.714. The molecule has 0 spiro atoms. The summed E-state index contributed by atoms with van der Waals surface area (Å²) in [6, 6.07) is -0.171. The molecule has 0 aromatic rings. The van der Waals surface area contributed by atoms with Gasteiger partial charge < -0.3 is 10.8 Å². The molecule has 0 rings (SSSR count). The van der Waals surface area contributed by atoms with Gasteiger partial charge in [-0.25, -0.2) is 0 Å². The Morgan fingerprint density at radius 1 is 1.58 bits per heavy atom. The third-order valence-corrected chi connectivity index (χ3v) is 1.63. The predicted molar refractivity (Wildman–Crippen MR) is 43.5 cm³/mol. The van der Waals surface area contributed by atoms with Gasteiger partial charge in [0, 0.05) is 6.04 Å². The van der Waals surface area contributed by atoms with Crippen LogP contribution in [0.5, 0.6) is 0 Å². The summed E-state index contributed by atoms with van der Waals surface area (Å²) in [7, 11) is 1.67. The third-order valence-electron chi connectivity index (χ3n) is 1.63. The highest BCUT2D eigenvalue weighted by Crippen LogP contribution is 1.99. The van der Waals surface area contributed by atoms with Crippen LogP contribution in [0.25, 0.3) is 0 Å². The fourth-order valence-electron chi connectivity index (χ4n) is 0.810. The third kappa shape index (κ3) is 4.68. The van der Waals surface area contributed by atoms with Gasteiger partial charge in [0.25, 0.3) is 0 Å². The Morgan fingerprint density at radius 3 is 2.42 bits per heavy atom. The Labute approximate surface area is 71.1 Å². The van der Waals surface area contributed by atoms with Crippen molar-refractivity contribution in [2.75, 3.05) is 13.6 Å². The lowest BCUT2D eigenvalue weighted by Crippen LogP contribution is -2.37. The molecule has 0 aliphatic carbocycles. The number of hydrogen-bond acceptors (Lipinski definition) is 3. The van der Waals surface area contributed by atoms with E-state index in [-0.39, 0.29) is 19.0 Å². The number of carbonyl (C=O) groups is 2. The molecular weight excluding hydrogens is 160 g/mol. The van der Waals surface area contributed by atoms with Gasteiger partial charge in [-0.2, -0.15) is 0 Å². The molecule has 0 aliphatic rings. The summed E-state index contributed by atoms with van der Waals surface area (Å²) in [4.78, 5) is 22.3. The van der Waals surface area contributed by atoms with Gasteiger partial charge >= 0.3 is 5.97 Å². The molecule has 0 bridgehead atoms. The van der Waals surface area contributed by atoms with E-state index in [2.05, 4.69) is 0 Å². The van der Waals surface area contributed by atoms with Crippen LogP contribution in [-0.2, 0) is 9.59 Å². The molecule has 5 nitrogen and oxygen atoms in total. The predicted octanol–water partition coefficient (Wildman–Crippen LogP) is -0.733. The van der Waals surface area contributed by atoms with E-state index in [0.717, 1.165) is 0 Å². The van der Waals surface area contributed by atoms with E-state index in [0.29, 0.717) is 0 Å². The second-order valence-electron chi connectivity index (χ2n) is 2.83. The molecule has 0 aromatic carbocycles. The maximum absolute atomic E-state index is 10.4. The van der Waals surface area contributed by atoms with Gasteiger partial charge in [0.05, 0.1) is 13.0 Å². The minimum Gasteiger partial charge on any atom is -0.481 e. The average molecular weight is 174 g/mol. The van der Waals surface area contributed by atoms with Gasteiger partial charge in [-0.1, -0.05) is 0 Å². The monoisotopic (exact) mass is 174 g/mol. The van der Waals surface area contributed by atoms with E-state index in [9.17, 15) is 9.59 Å². The SMILES string of the molecule is CC(CC(=O)O)N(C)CC(N)=O. The van der Waals surface area contributed by atoms with Crippen molar-refractivity contribution >= 4 is 11.9 Å². The molecule has 0 heterocycles. The van der Waals surface area contributed by atoms with Crippen LogP contribution < -0.4 is 5.73 Å². The highest BCUT2D eigenvalue weighted by atomic mass is 16.4. The summed E-state index contributed by atoms with van der Waals surface area (Å²) in [6.07, 6.45) is 0.0176. The summed E-state index contributed by atoms with van der Waals surface area (Å²) >= 11 is 0. The van der Waals surface area contributed by atoms with Gasteiger partial charge in [-0.3, -0.25) is 14.5 Å². The summed E-state index contributed by atoms with van der Waals surface area (Å²) in [6.45, 7) is 1.82. The Hall–Kier alpha value is -1.10. The second kappa shape index (κ2) is 4.71. The largest absolute Gasteiger partial charge is 0.481 e. The molecule has 70 valence electrons. The molecule has 1 unspecified atom stereocenters. The van der Waals surface area contributed by atoms with Gasteiger partial charge in [0.1, 0.15) is 0 Å². The van der Waals surface area contributed by atoms with E-state index in [4.69, 9.17) is 10.8 Å². The molecule has 1 amide bonds. The topological polar surface area (TPSA) is 83.6 Å². The number of nitrogens with zero attached hydrogens (tertiary/aromatic N) is 1. The van der Waals surface area contributed by atoms with E-state index in [1.807, 2.05) is 0 Å². The number of carboxylic acids is 1. The number of carbonyl (C=O) groups excluding carboxylic acids is 1. The lowest BCUT2D eigenvalue weighted by atomic mass is 10.2. The Kier molecular flexibility index (Phi) is 4.28. The van der Waals surface area contributed by atoms with Crippen molar-refractivity contribution < 1.29 is 14.7 Å². The first-order valence-electron chi connectivity index (χ1n) is 3.63. The molecule has 0 fully saturated rings. The van der Waals surface area contributed by atoms with Gasteiger partial charge in [0.15, 0.2) is 0 Å². The molecule has 0 saturated heterocycles. The number of likely N-dealkylation sites (N-methyl/N-ethyl adjacent to an activating group) is 1. The maximum Gasteiger partial charge on any atom is 0.304 e. The van der Waals surface area contributed by atoms with Crippen molar-refractivity contribution in [3.05, 3.63) is 0 Å². The number of carboxylic acid groups (broad SMARTS) is 1. The highest BCUT2D eigenvalue weighted by Gasteiger charge is 2.13. The van der Waals surface area contributed by atoms with Crippen molar-refractivity contribution in [1.29, 1.82) is 0 Å². The smallest absolute Gasteiger partial charge is 0.304 e. The van der Waals surface area contributed by atoms with Crippen LogP contribution in [0.4, 0.5) is 0 Å². The van der Waals surface area contributed by atoms with Crippen molar-refractivity contribution in [2.24, 2.45) is 5.73 Å². The van der Waals surface area contributed by atoms with E-state index >= 15 is 0 Å². The minimum atomic E-state index is -0.876. The number of nitrogens with two attached hydrogens (primary N) is 1. The highest BCUT2D eigenvalue weighted by molar-refractivity contribution is 5.76. The Bertz CT molecular complexity index is 161. The summed E-state index contributed by atoms with van der Waals surface area (Å²) in [5.41, 5.74) is 4.93. The summed E-state index contributed by atoms with van der Waals surface area (Å²) < 4.78 is 0. The average Bonchev–Trinajstić information content (AvgIpc) is 1.84. The molecular formula is C7H14N2O3. The first-order valence-corrected chi connectivity index (χ1v) is 3.63. The zero-order valence-electron chi connectivity index (χ0n) is 7.28. The van der Waals surface area contributed by atoms with E-state index in [1.54, 1.807) is 18.9 Å². The summed E-state index contributed by atoms with van der Waals surface area (Å²) in [5.74, 6) is -1.33. The fourth-order valence-corrected chi connectivity index (χ4v) is 0.810. The van der Waals surface area contributed by atoms with E-state index < -0.39 is 11.9 Å². The second-order valence-corrected chi connectivity index (χ2v) is 2.83. The van der Waals surface area contributed by atoms with Crippen molar-refractivity contribution in [1.82, 2.24) is 4.90 Å². The molecule has 0 aliphatic heterocycles. The number of rotatable bonds is 5. The normalized spacial score (nSPS) is 12.9. The lowest BCUT2D eigenvalue weighted by Gasteiger charge is -2.21. The molecule has 1 atom stereocenters. The van der Waals surface area contributed by atoms with Gasteiger partial charge in [-0.15, -0.1) is 0 Å². The Morgan fingerprint density at radius 2 is 2.08 bits per heavy atom. The zero-order valence-corrected chi connectivity index (χ0v) is 7.28. The van der Waals surface area contributed by atoms with Crippen LogP contribution in [0, 0.1) is 0 Å². The lowest BCUT2D eigenvalue weighted by molar-refractivity contribution is -0.138. The minimum absolute atomic E-state index is 0.0176. The van der Waals surface area contributed by atoms with Crippen LogP contribution in [0.15, 0.2) is 0 Å². The molecule has 0 aromatic heterocycles. The van der Waals surface area contributed by atoms with Gasteiger partial charge in [0.2, 0.25) is 5.91 Å². The Balaban J connectivity index is 3.83. The van der Waals surface area contributed by atoms with Crippen molar-refractivity contribution in [3.63, 3.8) is 0 Å². The number of amides is 1. The molecule has 5 heteroatoms. The first kappa shape index (κ1) is 10.9. The number of primary amides is 1. The summed E-state index contributed by atoms with van der Waals surface area (Å²) in [5, 5.41) is 8.42. The molecule has 3 N–H and O–H groups in total. The number of hydrogen-bond donors (Lipinski definition) is 2. The van der Waals surface area contributed by atoms with Crippen LogP contribution in [-0.4, -0.2) is 41.5 Å². The first-order chi connectivity index (χ1) is 5.43. The van der Waals surface area contributed by atoms with Crippen LogP contribution in [0.1, 0.15) is 13.3 Å². The van der Waals surface area contributed by atoms with Crippen molar-refractivity contribution in [3.8, 4) is 0 Å². The molecule has 0 radical (unpaired) electrons. The van der Waals surface area contributed by atoms with Crippen molar-refractivity contribution in [2.45, 2.75) is 19.4 Å². The van der Waals surface area contributed by atoms with Crippen LogP contribution in [0.2, 0.25) is 0 Å². The van der Waals surface area contributed by atoms with Gasteiger partial charge in [-0.05, 0) is 14.0 Å². The number of aliphatic carboxylic acids is 1. The molecule has 12 heavy (non-hydrogen) atoms. The quantitative estimate of drug-likeness (QED) is 0.575. The van der Waals surface area contributed by atoms with Crippen LogP contribution >= 0.6 is 0 Å². The zero-order chi connectivity index (χ0) is 9.72. The van der Waals surface area contributed by atoms with E-state index in [1.165, 1.54) is 0 Å². The van der Waals surface area contributed by atoms with Crippen LogP contribution in [0.3, 0.4) is 0 Å². The molecule has 0 saturated carbocycles. The maximum atomic E-state index is 10.4.